The summed E-state index contributed by atoms with van der Waals surface area (Å²) in [7, 11) is -1.39. The van der Waals surface area contributed by atoms with Gasteiger partial charge in [0.2, 0.25) is 0 Å². The maximum Gasteiger partial charge on any atom is 0.0655 e. The summed E-state index contributed by atoms with van der Waals surface area (Å²) in [4.78, 5) is 0. The monoisotopic (exact) mass is 244 g/mol. The molecule has 0 atom stereocenters. The lowest BCUT2D eigenvalue weighted by molar-refractivity contribution is 1.78. The fraction of sp³-hybridized carbons (Fsp3) is 0.286. The van der Waals surface area contributed by atoms with Crippen LogP contribution in [-0.4, -0.2) is 17.6 Å². The van der Waals surface area contributed by atoms with Crippen molar-refractivity contribution in [2.24, 2.45) is 0 Å². The van der Waals surface area contributed by atoms with Gasteiger partial charge >= 0.3 is 0 Å². The molecular weight excluding hydrogens is 224 g/mol. The number of rotatable bonds is 2. The molecule has 0 saturated carbocycles. The smallest absolute Gasteiger partial charge is 0.0655 e. The molecule has 0 spiro atoms. The summed E-state index contributed by atoms with van der Waals surface area (Å²) in [6, 6.07) is 13.8. The van der Waals surface area contributed by atoms with Gasteiger partial charge in [0.25, 0.3) is 0 Å². The lowest BCUT2D eigenvalue weighted by atomic mass is 10.1. The van der Waals surface area contributed by atoms with Crippen LogP contribution in [0, 0.1) is 0 Å². The maximum absolute atomic E-state index is 2.45. The third-order valence-corrected chi connectivity index (χ3v) is 6.67. The predicted octanol–water partition coefficient (Wildman–Crippen LogP) is 2.23. The summed E-state index contributed by atoms with van der Waals surface area (Å²) in [5.74, 6) is 0. The Morgan fingerprint density at radius 2 is 1.56 bits per heavy atom. The first-order valence-corrected chi connectivity index (χ1v) is 11.9. The molecule has 16 heavy (non-hydrogen) atoms. The molecule has 84 valence electrons. The average molecular weight is 244 g/mol. The van der Waals surface area contributed by atoms with Crippen LogP contribution in [0.5, 0.6) is 0 Å². The number of hydrogen-bond donors (Lipinski definition) is 0. The molecule has 0 aliphatic heterocycles. The van der Waals surface area contributed by atoms with E-state index < -0.39 is 17.6 Å². The second kappa shape index (κ2) is 4.56. The lowest BCUT2D eigenvalue weighted by Gasteiger charge is -2.12. The Kier molecular flexibility index (Phi) is 3.31. The molecule has 0 radical (unpaired) electrons. The molecule has 2 aromatic carbocycles. The highest BCUT2D eigenvalue weighted by Crippen LogP contribution is 2.11. The molecule has 0 saturated heterocycles. The Morgan fingerprint density at radius 3 is 2.19 bits per heavy atom. The number of benzene rings is 2. The van der Waals surface area contributed by atoms with E-state index in [2.05, 4.69) is 62.6 Å². The summed E-state index contributed by atoms with van der Waals surface area (Å²) >= 11 is 0. The van der Waals surface area contributed by atoms with Crippen molar-refractivity contribution in [3.63, 3.8) is 0 Å². The predicted molar refractivity (Wildman–Crippen MR) is 81.0 cm³/mol. The normalized spacial score (nSPS) is 11.6. The standard InChI is InChI=1S/C14H20Si2/c1-15(2)12-9-8-11-6-5-7-14(16(3)4)13(11)10-12/h5-10,15-16H,1-4H3. The van der Waals surface area contributed by atoms with E-state index in [-0.39, 0.29) is 0 Å². The minimum Gasteiger partial charge on any atom is -0.0682 e. The third-order valence-electron chi connectivity index (χ3n) is 3.23. The molecule has 0 aliphatic carbocycles. The first-order valence-electron chi connectivity index (χ1n) is 6.12. The van der Waals surface area contributed by atoms with Gasteiger partial charge in [0.1, 0.15) is 0 Å². The Hall–Kier alpha value is -0.866. The SMILES string of the molecule is C[SiH](C)c1ccc2cccc([SiH](C)C)c2c1. The van der Waals surface area contributed by atoms with Gasteiger partial charge in [-0.05, 0) is 10.8 Å². The molecule has 0 heterocycles. The molecule has 0 nitrogen and oxygen atoms in total. The van der Waals surface area contributed by atoms with Gasteiger partial charge in [-0.1, -0.05) is 73.0 Å². The summed E-state index contributed by atoms with van der Waals surface area (Å²) in [6.45, 7) is 9.62. The van der Waals surface area contributed by atoms with Gasteiger partial charge in [0.05, 0.1) is 17.6 Å². The van der Waals surface area contributed by atoms with Crippen LogP contribution >= 0.6 is 0 Å². The fourth-order valence-electron chi connectivity index (χ4n) is 2.18. The van der Waals surface area contributed by atoms with Gasteiger partial charge in [0, 0.05) is 0 Å². The number of hydrogen-bond acceptors (Lipinski definition) is 0. The molecule has 2 rings (SSSR count). The molecular formula is C14H20Si2. The van der Waals surface area contributed by atoms with Gasteiger partial charge in [-0.2, -0.15) is 0 Å². The van der Waals surface area contributed by atoms with E-state index in [0.29, 0.717) is 0 Å². The van der Waals surface area contributed by atoms with Crippen molar-refractivity contribution in [3.8, 4) is 0 Å². The minimum absolute atomic E-state index is 0.673. The minimum atomic E-state index is -0.716. The molecule has 0 aromatic heterocycles. The lowest BCUT2D eigenvalue weighted by Crippen LogP contribution is -2.27. The van der Waals surface area contributed by atoms with Crippen molar-refractivity contribution < 1.29 is 0 Å². The number of fused-ring (bicyclic) bond motifs is 1. The second-order valence-electron chi connectivity index (χ2n) is 5.14. The van der Waals surface area contributed by atoms with Gasteiger partial charge < -0.3 is 0 Å². The van der Waals surface area contributed by atoms with Crippen LogP contribution in [0.15, 0.2) is 36.4 Å². The van der Waals surface area contributed by atoms with E-state index in [9.17, 15) is 0 Å². The maximum atomic E-state index is 2.45. The first-order chi connectivity index (χ1) is 7.59. The zero-order chi connectivity index (χ0) is 11.7. The Labute approximate surface area is 102 Å². The summed E-state index contributed by atoms with van der Waals surface area (Å²) in [6.07, 6.45) is 0. The molecule has 0 aliphatic rings. The van der Waals surface area contributed by atoms with Crippen molar-refractivity contribution in [3.05, 3.63) is 36.4 Å². The zero-order valence-electron chi connectivity index (χ0n) is 10.6. The summed E-state index contributed by atoms with van der Waals surface area (Å²) in [5, 5.41) is 6.14. The van der Waals surface area contributed by atoms with Crippen LogP contribution in [0.2, 0.25) is 26.2 Å². The van der Waals surface area contributed by atoms with Crippen LogP contribution in [0.3, 0.4) is 0 Å². The third kappa shape index (κ3) is 2.13. The van der Waals surface area contributed by atoms with Crippen LogP contribution in [0.4, 0.5) is 0 Å². The molecule has 0 bridgehead atoms. The fourth-order valence-corrected chi connectivity index (χ4v) is 4.53. The van der Waals surface area contributed by atoms with E-state index in [1.807, 2.05) is 0 Å². The van der Waals surface area contributed by atoms with Crippen LogP contribution in [-0.2, 0) is 0 Å². The second-order valence-corrected chi connectivity index (χ2v) is 11.0. The Bertz CT molecular complexity index is 501. The quantitative estimate of drug-likeness (QED) is 0.711. The zero-order valence-corrected chi connectivity index (χ0v) is 12.9. The Morgan fingerprint density at radius 1 is 0.812 bits per heavy atom. The molecule has 2 heteroatoms. The van der Waals surface area contributed by atoms with E-state index in [1.54, 1.807) is 10.4 Å². The van der Waals surface area contributed by atoms with E-state index in [0.717, 1.165) is 0 Å². The van der Waals surface area contributed by atoms with E-state index >= 15 is 0 Å². The highest BCUT2D eigenvalue weighted by atomic mass is 28.3. The molecule has 0 fully saturated rings. The van der Waals surface area contributed by atoms with Gasteiger partial charge in [-0.15, -0.1) is 0 Å². The summed E-state index contributed by atoms with van der Waals surface area (Å²) < 4.78 is 0. The van der Waals surface area contributed by atoms with Gasteiger partial charge in [-0.3, -0.25) is 0 Å². The van der Waals surface area contributed by atoms with Crippen LogP contribution in [0.1, 0.15) is 0 Å². The molecule has 0 N–H and O–H groups in total. The van der Waals surface area contributed by atoms with Crippen LogP contribution < -0.4 is 10.4 Å². The van der Waals surface area contributed by atoms with Gasteiger partial charge in [0.15, 0.2) is 0 Å². The Balaban J connectivity index is 2.68. The van der Waals surface area contributed by atoms with Crippen molar-refractivity contribution in [2.45, 2.75) is 26.2 Å². The molecule has 0 amide bonds. The van der Waals surface area contributed by atoms with Crippen LogP contribution in [0.25, 0.3) is 10.8 Å². The van der Waals surface area contributed by atoms with E-state index in [1.165, 1.54) is 10.8 Å². The largest absolute Gasteiger partial charge is 0.0682 e. The van der Waals surface area contributed by atoms with Crippen molar-refractivity contribution in [1.82, 2.24) is 0 Å². The van der Waals surface area contributed by atoms with Gasteiger partial charge in [-0.25, -0.2) is 0 Å². The van der Waals surface area contributed by atoms with Crippen molar-refractivity contribution >= 4 is 38.7 Å². The van der Waals surface area contributed by atoms with Crippen molar-refractivity contribution in [1.29, 1.82) is 0 Å². The molecule has 0 unspecified atom stereocenters. The van der Waals surface area contributed by atoms with Crippen molar-refractivity contribution in [2.75, 3.05) is 0 Å². The highest BCUT2D eigenvalue weighted by molar-refractivity contribution is 6.74. The summed E-state index contributed by atoms with van der Waals surface area (Å²) in [5.41, 5.74) is 0. The highest BCUT2D eigenvalue weighted by Gasteiger charge is 2.07. The van der Waals surface area contributed by atoms with E-state index in [4.69, 9.17) is 0 Å². The topological polar surface area (TPSA) is 0 Å². The first kappa shape index (κ1) is 11.6. The average Bonchev–Trinajstić information content (AvgIpc) is 2.27. The molecule has 2 aromatic rings.